The average molecular weight is 508 g/mol. The van der Waals surface area contributed by atoms with Crippen LogP contribution in [0.4, 0.5) is 5.69 Å². The first-order valence-electron chi connectivity index (χ1n) is 11.5. The molecule has 1 aromatic heterocycles. The van der Waals surface area contributed by atoms with Gasteiger partial charge in [0.2, 0.25) is 5.78 Å². The third kappa shape index (κ3) is 3.19. The van der Waals surface area contributed by atoms with Crippen LogP contribution in [0.2, 0.25) is 0 Å². The lowest BCUT2D eigenvalue weighted by atomic mass is 9.57. The van der Waals surface area contributed by atoms with Crippen molar-refractivity contribution in [1.29, 1.82) is 0 Å². The summed E-state index contributed by atoms with van der Waals surface area (Å²) >= 11 is 0. The molecule has 0 unspecified atom stereocenters. The molecule has 1 fully saturated rings. The number of aliphatic hydroxyl groups excluding tert-OH is 2. The van der Waals surface area contributed by atoms with Crippen LogP contribution in [0.25, 0.3) is 17.1 Å². The zero-order valence-electron chi connectivity index (χ0n) is 20.0. The van der Waals surface area contributed by atoms with Gasteiger partial charge in [-0.1, -0.05) is 0 Å². The Balaban J connectivity index is 1.77. The molecule has 1 saturated carbocycles. The zero-order chi connectivity index (χ0) is 27.0. The summed E-state index contributed by atoms with van der Waals surface area (Å²) in [5.41, 5.74) is 8.17. The average Bonchev–Trinajstić information content (AvgIpc) is 2.83. The first-order valence-corrected chi connectivity index (χ1v) is 11.5. The van der Waals surface area contributed by atoms with Crippen molar-refractivity contribution in [2.75, 3.05) is 19.8 Å². The number of hydrogen-bond acceptors (Lipinski definition) is 11. The molecular weight excluding hydrogens is 482 g/mol. The lowest BCUT2D eigenvalue weighted by Gasteiger charge is -2.50. The van der Waals surface area contributed by atoms with Crippen LogP contribution >= 0.6 is 0 Å². The molecule has 12 heteroatoms. The molecule has 8 N–H and O–H groups in total. The Morgan fingerprint density at radius 1 is 1.16 bits per heavy atom. The number of aliphatic hydroxyl groups is 3. The molecule has 192 valence electrons. The lowest BCUT2D eigenvalue weighted by molar-refractivity contribution is -0.153. The van der Waals surface area contributed by atoms with Gasteiger partial charge in [0.25, 0.3) is 5.91 Å². The summed E-state index contributed by atoms with van der Waals surface area (Å²) in [5, 5.41) is 44.6. The van der Waals surface area contributed by atoms with Crippen molar-refractivity contribution >= 4 is 28.9 Å². The van der Waals surface area contributed by atoms with Gasteiger partial charge in [-0.2, -0.15) is 0 Å². The predicted molar refractivity (Wildman–Crippen MR) is 130 cm³/mol. The molecule has 0 aliphatic heterocycles. The SMILES string of the molecule is CN(C)[C@@H]1C(=O)C(C(N)=O)=C(O)[C@@]2(O)C(=O)C3=C(O)c4c(O)c(N)cc(-c5ncccn5)c4C[C@H]3C[C@@H]12. The second-order valence-corrected chi connectivity index (χ2v) is 9.75. The molecule has 2 aromatic rings. The van der Waals surface area contributed by atoms with E-state index in [2.05, 4.69) is 9.97 Å². The van der Waals surface area contributed by atoms with Crippen LogP contribution in [0.1, 0.15) is 17.5 Å². The highest BCUT2D eigenvalue weighted by molar-refractivity contribution is 6.24. The van der Waals surface area contributed by atoms with E-state index in [1.54, 1.807) is 20.2 Å². The number of carbonyl (C=O) groups excluding carboxylic acids is 3. The monoisotopic (exact) mass is 507 g/mol. The Bertz CT molecular complexity index is 1450. The van der Waals surface area contributed by atoms with Crippen LogP contribution in [0.15, 0.2) is 41.4 Å². The van der Waals surface area contributed by atoms with Crippen molar-refractivity contribution in [3.8, 4) is 17.1 Å². The minimum Gasteiger partial charge on any atom is -0.508 e. The maximum Gasteiger partial charge on any atom is 0.255 e. The van der Waals surface area contributed by atoms with E-state index in [0.29, 0.717) is 11.1 Å². The van der Waals surface area contributed by atoms with Crippen LogP contribution in [-0.2, 0) is 20.8 Å². The number of phenolic OH excluding ortho intramolecular Hbond substituents is 1. The van der Waals surface area contributed by atoms with Gasteiger partial charge in [-0.15, -0.1) is 0 Å². The van der Waals surface area contributed by atoms with Crippen molar-refractivity contribution in [2.24, 2.45) is 17.6 Å². The first-order chi connectivity index (χ1) is 17.4. The molecule has 37 heavy (non-hydrogen) atoms. The normalized spacial score (nSPS) is 27.2. The molecule has 12 nitrogen and oxygen atoms in total. The van der Waals surface area contributed by atoms with Gasteiger partial charge >= 0.3 is 0 Å². The number of phenols is 1. The van der Waals surface area contributed by atoms with Gasteiger partial charge in [0.05, 0.1) is 17.3 Å². The number of nitrogens with zero attached hydrogens (tertiary/aromatic N) is 3. The van der Waals surface area contributed by atoms with Crippen LogP contribution in [0, 0.1) is 11.8 Å². The minimum absolute atomic E-state index is 0.0218. The number of benzene rings is 1. The highest BCUT2D eigenvalue weighted by Crippen LogP contribution is 2.54. The lowest BCUT2D eigenvalue weighted by Crippen LogP contribution is -2.65. The van der Waals surface area contributed by atoms with Crippen LogP contribution < -0.4 is 11.5 Å². The van der Waals surface area contributed by atoms with E-state index < -0.39 is 63.8 Å². The second kappa shape index (κ2) is 8.11. The highest BCUT2D eigenvalue weighted by Gasteiger charge is 2.64. The van der Waals surface area contributed by atoms with E-state index in [1.165, 1.54) is 23.4 Å². The predicted octanol–water partition coefficient (Wildman–Crippen LogP) is 0.00320. The molecule has 4 atom stereocenters. The molecule has 3 aliphatic rings. The Hall–Kier alpha value is -4.29. The maximum atomic E-state index is 13.9. The standard InChI is InChI=1S/C25H25N5O7/c1-30(2)17-12-7-9-6-10-11(24-28-4-3-5-29-24)8-13(26)18(31)15(10)19(32)14(9)21(34)25(12,37)22(35)16(20(17)33)23(27)36/h3-5,8-9,12,17,31-32,35,37H,6-7,26H2,1-2H3,(H2,27,36)/t9-,12-,17-,25-/m0/s1. The molecule has 3 aliphatic carbocycles. The highest BCUT2D eigenvalue weighted by atomic mass is 16.3. The molecular formula is C25H25N5O7. The third-order valence-corrected chi connectivity index (χ3v) is 7.56. The van der Waals surface area contributed by atoms with Crippen molar-refractivity contribution in [2.45, 2.75) is 24.5 Å². The van der Waals surface area contributed by atoms with Crippen molar-refractivity contribution in [3.05, 3.63) is 52.6 Å². The molecule has 1 aromatic carbocycles. The number of nitrogens with two attached hydrogens (primary N) is 2. The van der Waals surface area contributed by atoms with Crippen molar-refractivity contribution < 1.29 is 34.8 Å². The number of rotatable bonds is 3. The number of hydrogen-bond donors (Lipinski definition) is 6. The number of Topliss-reactive ketones (excluding diaryl/α,β-unsaturated/α-hetero) is 2. The summed E-state index contributed by atoms with van der Waals surface area (Å²) in [7, 11) is 3.08. The zero-order valence-corrected chi connectivity index (χ0v) is 20.0. The third-order valence-electron chi connectivity index (χ3n) is 7.56. The molecule has 0 bridgehead atoms. The molecule has 0 radical (unpaired) electrons. The van der Waals surface area contributed by atoms with Gasteiger partial charge in [-0.25, -0.2) is 9.97 Å². The number of aromatic hydroxyl groups is 1. The van der Waals surface area contributed by atoms with Crippen molar-refractivity contribution in [1.82, 2.24) is 14.9 Å². The maximum absolute atomic E-state index is 13.9. The Morgan fingerprint density at radius 2 is 1.81 bits per heavy atom. The Morgan fingerprint density at radius 3 is 2.41 bits per heavy atom. The minimum atomic E-state index is -2.70. The molecule has 5 rings (SSSR count). The fraction of sp³-hybridized carbons (Fsp3) is 0.320. The smallest absolute Gasteiger partial charge is 0.255 e. The van der Waals surface area contributed by atoms with Gasteiger partial charge < -0.3 is 31.9 Å². The number of fused-ring (bicyclic) bond motifs is 3. The van der Waals surface area contributed by atoms with Crippen LogP contribution in [-0.4, -0.2) is 78.5 Å². The fourth-order valence-electron chi connectivity index (χ4n) is 5.97. The van der Waals surface area contributed by atoms with E-state index in [9.17, 15) is 34.8 Å². The summed E-state index contributed by atoms with van der Waals surface area (Å²) in [6.07, 6.45) is 3.13. The Kier molecular flexibility index (Phi) is 5.35. The summed E-state index contributed by atoms with van der Waals surface area (Å²) in [4.78, 5) is 49.0. The number of anilines is 1. The number of carbonyl (C=O) groups is 3. The molecule has 0 spiro atoms. The number of likely N-dealkylation sites (N-methyl/N-ethyl adjacent to an activating group) is 1. The quantitative estimate of drug-likeness (QED) is 0.185. The van der Waals surface area contributed by atoms with E-state index in [4.69, 9.17) is 11.5 Å². The second-order valence-electron chi connectivity index (χ2n) is 9.75. The number of amides is 1. The van der Waals surface area contributed by atoms with E-state index >= 15 is 0 Å². The summed E-state index contributed by atoms with van der Waals surface area (Å²) in [5.74, 6) is -7.02. The summed E-state index contributed by atoms with van der Waals surface area (Å²) in [6, 6.07) is 1.94. The molecule has 1 heterocycles. The number of nitrogen functional groups attached to an aromatic ring is 1. The fourth-order valence-corrected chi connectivity index (χ4v) is 5.97. The molecule has 0 saturated heterocycles. The van der Waals surface area contributed by atoms with Gasteiger partial charge in [-0.05, 0) is 50.6 Å². The van der Waals surface area contributed by atoms with Gasteiger partial charge in [0, 0.05) is 29.4 Å². The Labute approximate surface area is 210 Å². The molecule has 1 amide bonds. The first kappa shape index (κ1) is 24.4. The van der Waals surface area contributed by atoms with E-state index in [-0.39, 0.29) is 35.5 Å². The largest absolute Gasteiger partial charge is 0.508 e. The number of ketones is 2. The number of aromatic nitrogens is 2. The topological polar surface area (TPSA) is 213 Å². The summed E-state index contributed by atoms with van der Waals surface area (Å²) < 4.78 is 0. The van der Waals surface area contributed by atoms with Crippen LogP contribution in [0.5, 0.6) is 5.75 Å². The van der Waals surface area contributed by atoms with Crippen molar-refractivity contribution in [3.63, 3.8) is 0 Å². The summed E-state index contributed by atoms with van der Waals surface area (Å²) in [6.45, 7) is 0. The van der Waals surface area contributed by atoms with E-state index in [1.807, 2.05) is 0 Å². The van der Waals surface area contributed by atoms with Crippen LogP contribution in [0.3, 0.4) is 0 Å². The van der Waals surface area contributed by atoms with Gasteiger partial charge in [0.15, 0.2) is 17.2 Å². The van der Waals surface area contributed by atoms with E-state index in [0.717, 1.165) is 0 Å². The van der Waals surface area contributed by atoms with Gasteiger partial charge in [0.1, 0.15) is 22.8 Å². The number of primary amides is 1. The van der Waals surface area contributed by atoms with Gasteiger partial charge in [-0.3, -0.25) is 19.3 Å².